The molecule has 0 aromatic heterocycles. The van der Waals surface area contributed by atoms with Crippen LogP contribution in [0.1, 0.15) is 52.7 Å². The van der Waals surface area contributed by atoms with Gasteiger partial charge in [-0.15, -0.1) is 0 Å². The molecule has 188 valence electrons. The summed E-state index contributed by atoms with van der Waals surface area (Å²) in [5.74, 6) is -0.774. The maximum absolute atomic E-state index is 13.2. The molecule has 0 radical (unpaired) electrons. The second-order valence-corrected chi connectivity index (χ2v) is 9.03. The molecule has 2 aromatic rings. The molecule has 0 N–H and O–H groups in total. The number of rotatable bonds is 5. The number of alkyl halides is 6. The number of halogens is 6. The van der Waals surface area contributed by atoms with Gasteiger partial charge in [0.1, 0.15) is 0 Å². The number of nitrogens with zero attached hydrogens (tertiary/aromatic N) is 2. The highest BCUT2D eigenvalue weighted by atomic mass is 19.4. The fourth-order valence-corrected chi connectivity index (χ4v) is 4.32. The van der Waals surface area contributed by atoms with Crippen LogP contribution in [-0.4, -0.2) is 40.7 Å². The van der Waals surface area contributed by atoms with Crippen LogP contribution in [-0.2, 0) is 23.7 Å². The quantitative estimate of drug-likeness (QED) is 0.492. The van der Waals surface area contributed by atoms with Crippen molar-refractivity contribution in [2.24, 2.45) is 5.92 Å². The van der Waals surface area contributed by atoms with E-state index in [1.54, 1.807) is 4.90 Å². The average molecular weight is 498 g/mol. The van der Waals surface area contributed by atoms with Gasteiger partial charge in [-0.05, 0) is 67.6 Å². The molecule has 0 spiro atoms. The summed E-state index contributed by atoms with van der Waals surface area (Å²) >= 11 is 0. The lowest BCUT2D eigenvalue weighted by Gasteiger charge is -2.34. The molecule has 1 aliphatic heterocycles. The molecule has 1 saturated carbocycles. The second-order valence-electron chi connectivity index (χ2n) is 9.03. The van der Waals surface area contributed by atoms with Crippen LogP contribution in [0.25, 0.3) is 0 Å². The van der Waals surface area contributed by atoms with Crippen molar-refractivity contribution in [3.8, 4) is 0 Å². The molecule has 1 heterocycles. The molecule has 1 aliphatic carbocycles. The molecular formula is C25H24F6N2O2. The SMILES string of the molecule is O=C(c1ccc(C(F)(F)F)cc1)N1CCC(C(=O)N(Cc2ccc(C(F)(F)F)cc2)C2CC2)CC1. The molecule has 0 atom stereocenters. The van der Waals surface area contributed by atoms with Crippen molar-refractivity contribution in [1.82, 2.24) is 9.80 Å². The largest absolute Gasteiger partial charge is 0.416 e. The molecule has 0 bridgehead atoms. The van der Waals surface area contributed by atoms with E-state index in [1.807, 2.05) is 0 Å². The van der Waals surface area contributed by atoms with Gasteiger partial charge in [-0.25, -0.2) is 0 Å². The predicted octanol–water partition coefficient (Wildman–Crippen LogP) is 5.77. The Balaban J connectivity index is 1.35. The van der Waals surface area contributed by atoms with Crippen LogP contribution >= 0.6 is 0 Å². The smallest absolute Gasteiger partial charge is 0.339 e. The van der Waals surface area contributed by atoms with Crippen molar-refractivity contribution in [3.63, 3.8) is 0 Å². The van der Waals surface area contributed by atoms with E-state index in [9.17, 15) is 35.9 Å². The molecule has 2 aromatic carbocycles. The lowest BCUT2D eigenvalue weighted by Crippen LogP contribution is -2.45. The van der Waals surface area contributed by atoms with Crippen LogP contribution in [0.5, 0.6) is 0 Å². The maximum Gasteiger partial charge on any atom is 0.416 e. The van der Waals surface area contributed by atoms with Crippen molar-refractivity contribution in [3.05, 3.63) is 70.8 Å². The van der Waals surface area contributed by atoms with Gasteiger partial charge in [0.15, 0.2) is 0 Å². The minimum atomic E-state index is -4.48. The van der Waals surface area contributed by atoms with Gasteiger partial charge in [0.25, 0.3) is 5.91 Å². The number of hydrogen-bond acceptors (Lipinski definition) is 2. The zero-order valence-corrected chi connectivity index (χ0v) is 18.7. The van der Waals surface area contributed by atoms with Gasteiger partial charge in [-0.3, -0.25) is 9.59 Å². The van der Waals surface area contributed by atoms with Crippen molar-refractivity contribution < 1.29 is 35.9 Å². The molecule has 10 heteroatoms. The number of likely N-dealkylation sites (tertiary alicyclic amines) is 1. The first kappa shape index (κ1) is 25.1. The van der Waals surface area contributed by atoms with Crippen LogP contribution < -0.4 is 0 Å². The fourth-order valence-electron chi connectivity index (χ4n) is 4.32. The summed E-state index contributed by atoms with van der Waals surface area (Å²) in [6, 6.07) is 8.91. The lowest BCUT2D eigenvalue weighted by molar-refractivity contribution is -0.139. The predicted molar refractivity (Wildman–Crippen MR) is 115 cm³/mol. The first-order valence-corrected chi connectivity index (χ1v) is 11.4. The molecule has 4 rings (SSSR count). The summed E-state index contributed by atoms with van der Waals surface area (Å²) in [5, 5.41) is 0. The molecular weight excluding hydrogens is 474 g/mol. The highest BCUT2D eigenvalue weighted by Gasteiger charge is 2.38. The number of carbonyl (C=O) groups excluding carboxylic acids is 2. The summed E-state index contributed by atoms with van der Waals surface area (Å²) in [6.45, 7) is 0.830. The van der Waals surface area contributed by atoms with E-state index in [1.165, 1.54) is 17.0 Å². The molecule has 1 saturated heterocycles. The monoisotopic (exact) mass is 498 g/mol. The zero-order valence-electron chi connectivity index (χ0n) is 18.7. The Hall–Kier alpha value is -3.04. The first-order chi connectivity index (χ1) is 16.4. The highest BCUT2D eigenvalue weighted by Crippen LogP contribution is 2.34. The summed E-state index contributed by atoms with van der Waals surface area (Å²) < 4.78 is 76.7. The second kappa shape index (κ2) is 9.54. The van der Waals surface area contributed by atoms with Crippen LogP contribution in [0, 0.1) is 5.92 Å². The van der Waals surface area contributed by atoms with Gasteiger partial charge in [-0.1, -0.05) is 12.1 Å². The molecule has 4 nitrogen and oxygen atoms in total. The Morgan fingerprint density at radius 2 is 1.26 bits per heavy atom. The number of hydrogen-bond donors (Lipinski definition) is 0. The van der Waals surface area contributed by atoms with Crippen molar-refractivity contribution in [2.45, 2.75) is 50.6 Å². The third-order valence-electron chi connectivity index (χ3n) is 6.50. The fraction of sp³-hybridized carbons (Fsp3) is 0.440. The number of benzene rings is 2. The Kier molecular flexibility index (Phi) is 6.83. The topological polar surface area (TPSA) is 40.6 Å². The highest BCUT2D eigenvalue weighted by molar-refractivity contribution is 5.94. The van der Waals surface area contributed by atoms with Gasteiger partial charge in [0.2, 0.25) is 5.91 Å². The molecule has 2 aliphatic rings. The van der Waals surface area contributed by atoms with Crippen LogP contribution in [0.4, 0.5) is 26.3 Å². The summed E-state index contributed by atoms with van der Waals surface area (Å²) in [5.41, 5.74) is -0.792. The van der Waals surface area contributed by atoms with E-state index in [-0.39, 0.29) is 35.9 Å². The number of piperidine rings is 1. The third-order valence-corrected chi connectivity index (χ3v) is 6.50. The van der Waals surface area contributed by atoms with E-state index in [4.69, 9.17) is 0 Å². The standard InChI is InChI=1S/C25H24F6N2O2/c26-24(27,28)19-5-1-16(2-6-19)15-33(21-9-10-21)23(35)18-11-13-32(14-12-18)22(34)17-3-7-20(8-4-17)25(29,30)31/h1-8,18,21H,9-15H2. The minimum absolute atomic E-state index is 0.0663. The van der Waals surface area contributed by atoms with E-state index in [2.05, 4.69) is 0 Å². The lowest BCUT2D eigenvalue weighted by atomic mass is 9.94. The Morgan fingerprint density at radius 3 is 1.71 bits per heavy atom. The van der Waals surface area contributed by atoms with Crippen LogP contribution in [0.2, 0.25) is 0 Å². The van der Waals surface area contributed by atoms with Gasteiger partial charge in [0.05, 0.1) is 11.1 Å². The molecule has 0 unspecified atom stereocenters. The van der Waals surface area contributed by atoms with Crippen molar-refractivity contribution >= 4 is 11.8 Å². The van der Waals surface area contributed by atoms with Gasteiger partial charge >= 0.3 is 12.4 Å². The van der Waals surface area contributed by atoms with Crippen molar-refractivity contribution in [1.29, 1.82) is 0 Å². The summed E-state index contributed by atoms with van der Waals surface area (Å²) in [4.78, 5) is 29.2. The molecule has 35 heavy (non-hydrogen) atoms. The van der Waals surface area contributed by atoms with Gasteiger partial charge < -0.3 is 9.80 Å². The van der Waals surface area contributed by atoms with Crippen LogP contribution in [0.15, 0.2) is 48.5 Å². The van der Waals surface area contributed by atoms with Gasteiger partial charge in [-0.2, -0.15) is 26.3 Å². The first-order valence-electron chi connectivity index (χ1n) is 11.4. The molecule has 2 amide bonds. The Labute approximate surface area is 198 Å². The summed E-state index contributed by atoms with van der Waals surface area (Å²) in [7, 11) is 0. The van der Waals surface area contributed by atoms with Gasteiger partial charge in [0, 0.05) is 37.2 Å². The maximum atomic E-state index is 13.2. The van der Waals surface area contributed by atoms with E-state index >= 15 is 0 Å². The Bertz CT molecular complexity index is 1050. The normalized spacial score (nSPS) is 17.4. The minimum Gasteiger partial charge on any atom is -0.339 e. The average Bonchev–Trinajstić information content (AvgIpc) is 3.66. The molecule has 2 fully saturated rings. The van der Waals surface area contributed by atoms with E-state index in [0.29, 0.717) is 31.5 Å². The number of carbonyl (C=O) groups is 2. The zero-order chi connectivity index (χ0) is 25.4. The Morgan fingerprint density at radius 1 is 0.771 bits per heavy atom. The summed E-state index contributed by atoms with van der Waals surface area (Å²) in [6.07, 6.45) is -6.37. The van der Waals surface area contributed by atoms with E-state index < -0.39 is 23.5 Å². The third kappa shape index (κ3) is 5.97. The van der Waals surface area contributed by atoms with Crippen molar-refractivity contribution in [2.75, 3.05) is 13.1 Å². The van der Waals surface area contributed by atoms with Crippen LogP contribution in [0.3, 0.4) is 0 Å². The van der Waals surface area contributed by atoms with E-state index in [0.717, 1.165) is 49.2 Å². The number of amides is 2.